The SMILES string of the molecule is O=CC(C=N/C=C/N=CC(C=O)=CO)=CO. The maximum atomic E-state index is 10.2. The zero-order valence-corrected chi connectivity index (χ0v) is 8.22. The molecule has 0 saturated carbocycles. The second-order valence-electron chi connectivity index (χ2n) is 2.35. The molecule has 0 aromatic rings. The summed E-state index contributed by atoms with van der Waals surface area (Å²) in [6, 6.07) is 0. The number of aldehydes is 2. The molecule has 0 saturated heterocycles. The van der Waals surface area contributed by atoms with Crippen molar-refractivity contribution in [3.8, 4) is 0 Å². The van der Waals surface area contributed by atoms with Gasteiger partial charge >= 0.3 is 0 Å². The second kappa shape index (κ2) is 9.07. The molecule has 0 fully saturated rings. The molecule has 84 valence electrons. The third kappa shape index (κ3) is 6.03. The summed E-state index contributed by atoms with van der Waals surface area (Å²) >= 11 is 0. The summed E-state index contributed by atoms with van der Waals surface area (Å²) in [6.45, 7) is 0. The number of aliphatic hydroxyl groups is 2. The van der Waals surface area contributed by atoms with Gasteiger partial charge in [0, 0.05) is 24.8 Å². The van der Waals surface area contributed by atoms with Crippen LogP contribution in [0.15, 0.2) is 46.1 Å². The van der Waals surface area contributed by atoms with E-state index in [2.05, 4.69) is 9.98 Å². The van der Waals surface area contributed by atoms with Crippen LogP contribution in [0, 0.1) is 0 Å². The molecule has 0 aliphatic rings. The molecule has 0 atom stereocenters. The molecular formula is C10H10N2O4. The van der Waals surface area contributed by atoms with E-state index in [1.54, 1.807) is 0 Å². The Labute approximate surface area is 91.7 Å². The molecule has 0 rings (SSSR count). The van der Waals surface area contributed by atoms with Crippen LogP contribution in [0.3, 0.4) is 0 Å². The van der Waals surface area contributed by atoms with Crippen LogP contribution in [0.1, 0.15) is 0 Å². The van der Waals surface area contributed by atoms with E-state index in [1.165, 1.54) is 12.4 Å². The topological polar surface area (TPSA) is 99.3 Å². The van der Waals surface area contributed by atoms with E-state index in [0.717, 1.165) is 12.4 Å². The van der Waals surface area contributed by atoms with Gasteiger partial charge in [-0.05, 0) is 0 Å². The van der Waals surface area contributed by atoms with E-state index in [0.29, 0.717) is 25.1 Å². The van der Waals surface area contributed by atoms with Gasteiger partial charge in [-0.2, -0.15) is 0 Å². The van der Waals surface area contributed by atoms with Gasteiger partial charge in [0.2, 0.25) is 0 Å². The maximum Gasteiger partial charge on any atom is 0.154 e. The molecule has 16 heavy (non-hydrogen) atoms. The van der Waals surface area contributed by atoms with Crippen molar-refractivity contribution in [1.82, 2.24) is 0 Å². The first-order chi connectivity index (χ1) is 7.78. The predicted molar refractivity (Wildman–Crippen MR) is 59.7 cm³/mol. The van der Waals surface area contributed by atoms with Crippen molar-refractivity contribution in [2.75, 3.05) is 0 Å². The fourth-order valence-corrected chi connectivity index (χ4v) is 0.524. The molecule has 0 aromatic heterocycles. The summed E-state index contributed by atoms with van der Waals surface area (Å²) in [7, 11) is 0. The van der Waals surface area contributed by atoms with Crippen molar-refractivity contribution in [2.24, 2.45) is 9.98 Å². The van der Waals surface area contributed by atoms with Crippen LogP contribution in [0.2, 0.25) is 0 Å². The molecule has 0 unspecified atom stereocenters. The molecule has 6 nitrogen and oxygen atoms in total. The molecule has 0 spiro atoms. The summed E-state index contributed by atoms with van der Waals surface area (Å²) in [4.78, 5) is 27.6. The van der Waals surface area contributed by atoms with E-state index >= 15 is 0 Å². The Morgan fingerprint density at radius 2 is 1.19 bits per heavy atom. The zero-order valence-electron chi connectivity index (χ0n) is 8.22. The maximum absolute atomic E-state index is 10.2. The minimum absolute atomic E-state index is 0.0115. The predicted octanol–water partition coefficient (Wildman–Crippen LogP) is 0.881. The Balaban J connectivity index is 4.23. The highest BCUT2D eigenvalue weighted by atomic mass is 16.2. The highest BCUT2D eigenvalue weighted by molar-refractivity contribution is 6.02. The van der Waals surface area contributed by atoms with E-state index in [-0.39, 0.29) is 11.1 Å². The first kappa shape index (κ1) is 13.5. The lowest BCUT2D eigenvalue weighted by molar-refractivity contribution is -0.105. The van der Waals surface area contributed by atoms with Gasteiger partial charge in [-0.1, -0.05) is 0 Å². The molecule has 0 bridgehead atoms. The summed E-state index contributed by atoms with van der Waals surface area (Å²) in [5.74, 6) is 0. The van der Waals surface area contributed by atoms with E-state index in [9.17, 15) is 9.59 Å². The molecule has 2 N–H and O–H groups in total. The van der Waals surface area contributed by atoms with Crippen LogP contribution in [0.5, 0.6) is 0 Å². The molecule has 0 aliphatic heterocycles. The van der Waals surface area contributed by atoms with Gasteiger partial charge in [0.15, 0.2) is 12.6 Å². The largest absolute Gasteiger partial charge is 0.515 e. The lowest BCUT2D eigenvalue weighted by atomic mass is 10.4. The van der Waals surface area contributed by atoms with Gasteiger partial charge < -0.3 is 10.2 Å². The number of carbonyl (C=O) groups is 2. The number of rotatable bonds is 6. The average molecular weight is 222 g/mol. The van der Waals surface area contributed by atoms with Gasteiger partial charge in [-0.3, -0.25) is 19.6 Å². The zero-order chi connectivity index (χ0) is 12.2. The highest BCUT2D eigenvalue weighted by Gasteiger charge is 1.86. The quantitative estimate of drug-likeness (QED) is 0.301. The number of carbonyl (C=O) groups excluding carboxylic acids is 2. The summed E-state index contributed by atoms with van der Waals surface area (Å²) in [5.41, 5.74) is 0.0231. The van der Waals surface area contributed by atoms with Gasteiger partial charge in [0.05, 0.1) is 23.7 Å². The van der Waals surface area contributed by atoms with Gasteiger partial charge in [0.1, 0.15) is 0 Å². The van der Waals surface area contributed by atoms with Crippen LogP contribution in [0.25, 0.3) is 0 Å². The Bertz CT molecular complexity index is 342. The van der Waals surface area contributed by atoms with E-state index in [1.807, 2.05) is 0 Å². The fourth-order valence-electron chi connectivity index (χ4n) is 0.524. The minimum atomic E-state index is 0.0115. The molecule has 6 heteroatoms. The average Bonchev–Trinajstić information content (AvgIpc) is 2.33. The van der Waals surface area contributed by atoms with Crippen molar-refractivity contribution < 1.29 is 19.8 Å². The van der Waals surface area contributed by atoms with Crippen molar-refractivity contribution in [3.63, 3.8) is 0 Å². The number of nitrogens with zero attached hydrogens (tertiary/aromatic N) is 2. The molecule has 0 aromatic carbocycles. The van der Waals surface area contributed by atoms with Crippen molar-refractivity contribution in [1.29, 1.82) is 0 Å². The Kier molecular flexibility index (Phi) is 7.65. The van der Waals surface area contributed by atoms with Gasteiger partial charge in [0.25, 0.3) is 0 Å². The molecule has 0 heterocycles. The number of hydrogen-bond acceptors (Lipinski definition) is 6. The highest BCUT2D eigenvalue weighted by Crippen LogP contribution is 1.85. The summed E-state index contributed by atoms with van der Waals surface area (Å²) in [5, 5.41) is 16.9. The minimum Gasteiger partial charge on any atom is -0.515 e. The smallest absolute Gasteiger partial charge is 0.154 e. The van der Waals surface area contributed by atoms with Crippen molar-refractivity contribution in [3.05, 3.63) is 36.1 Å². The number of aliphatic imine (C=N–C) groups is 2. The lowest BCUT2D eigenvalue weighted by Crippen LogP contribution is -1.85. The first-order valence-corrected chi connectivity index (χ1v) is 4.09. The normalized spacial score (nSPS) is 14.0. The van der Waals surface area contributed by atoms with Gasteiger partial charge in [-0.25, -0.2) is 0 Å². The molecule has 0 amide bonds. The lowest BCUT2D eigenvalue weighted by Gasteiger charge is -1.83. The number of hydrogen-bond donors (Lipinski definition) is 2. The third-order valence-electron chi connectivity index (χ3n) is 1.26. The van der Waals surface area contributed by atoms with Crippen molar-refractivity contribution in [2.45, 2.75) is 0 Å². The third-order valence-corrected chi connectivity index (χ3v) is 1.26. The standard InChI is InChI=1S/C10H10N2O4/c13-5-9(6-14)3-11-1-2-12-4-10(7-15)8-16/h1-8,13,15H/b2-1+,9-5?,10-7?,11-3?,12-4?. The van der Waals surface area contributed by atoms with E-state index in [4.69, 9.17) is 10.2 Å². The van der Waals surface area contributed by atoms with Crippen LogP contribution >= 0.6 is 0 Å². The molecular weight excluding hydrogens is 212 g/mol. The molecule has 0 radical (unpaired) electrons. The monoisotopic (exact) mass is 222 g/mol. The summed E-state index contributed by atoms with van der Waals surface area (Å²) < 4.78 is 0. The number of aliphatic hydroxyl groups excluding tert-OH is 2. The van der Waals surface area contributed by atoms with Gasteiger partial charge in [-0.15, -0.1) is 0 Å². The van der Waals surface area contributed by atoms with Crippen LogP contribution in [0.4, 0.5) is 0 Å². The Morgan fingerprint density at radius 3 is 1.44 bits per heavy atom. The van der Waals surface area contributed by atoms with Crippen molar-refractivity contribution >= 4 is 25.0 Å². The number of allylic oxidation sites excluding steroid dienone is 2. The second-order valence-corrected chi connectivity index (χ2v) is 2.35. The van der Waals surface area contributed by atoms with Crippen LogP contribution < -0.4 is 0 Å². The summed E-state index contributed by atoms with van der Waals surface area (Å²) in [6.07, 6.45) is 6.83. The van der Waals surface area contributed by atoms with E-state index < -0.39 is 0 Å². The molecule has 0 aliphatic carbocycles. The fraction of sp³-hybridized carbons (Fsp3) is 0. The Morgan fingerprint density at radius 1 is 0.812 bits per heavy atom. The Hall–Kier alpha value is -2.50. The van der Waals surface area contributed by atoms with Crippen LogP contribution in [-0.2, 0) is 9.59 Å². The first-order valence-electron chi connectivity index (χ1n) is 4.09. The van der Waals surface area contributed by atoms with Crippen LogP contribution in [-0.4, -0.2) is 35.2 Å².